The molecule has 2 unspecified atom stereocenters. The Morgan fingerprint density at radius 1 is 1.41 bits per heavy atom. The lowest BCUT2D eigenvalue weighted by Gasteiger charge is -2.30. The van der Waals surface area contributed by atoms with Gasteiger partial charge in [0.05, 0.1) is 0 Å². The van der Waals surface area contributed by atoms with Gasteiger partial charge in [0.1, 0.15) is 5.82 Å². The Kier molecular flexibility index (Phi) is 7.83. The molecule has 0 aromatic heterocycles. The number of amides is 1. The third kappa shape index (κ3) is 4.96. The first-order valence-corrected chi connectivity index (χ1v) is 7.88. The first-order chi connectivity index (χ1) is 10.1. The van der Waals surface area contributed by atoms with Crippen molar-refractivity contribution < 1.29 is 9.18 Å². The van der Waals surface area contributed by atoms with Crippen molar-refractivity contribution in [2.75, 3.05) is 24.5 Å². The van der Waals surface area contributed by atoms with Crippen molar-refractivity contribution in [3.8, 4) is 0 Å². The third-order valence-corrected chi connectivity index (χ3v) is 4.39. The van der Waals surface area contributed by atoms with E-state index in [9.17, 15) is 9.18 Å². The van der Waals surface area contributed by atoms with Gasteiger partial charge in [0.2, 0.25) is 5.91 Å². The van der Waals surface area contributed by atoms with Crippen molar-refractivity contribution in [1.29, 1.82) is 0 Å². The summed E-state index contributed by atoms with van der Waals surface area (Å²) < 4.78 is 13.0. The summed E-state index contributed by atoms with van der Waals surface area (Å²) in [5.41, 5.74) is 0.776. The maximum Gasteiger partial charge on any atom is 0.227 e. The highest BCUT2D eigenvalue weighted by Crippen LogP contribution is 2.24. The molecule has 1 aliphatic heterocycles. The van der Waals surface area contributed by atoms with Crippen molar-refractivity contribution in [2.24, 2.45) is 11.8 Å². The number of halogens is 2. The molecule has 1 fully saturated rings. The predicted octanol–water partition coefficient (Wildman–Crippen LogP) is 3.63. The van der Waals surface area contributed by atoms with E-state index in [1.807, 2.05) is 6.92 Å². The Morgan fingerprint density at radius 3 is 2.64 bits per heavy atom. The molecular weight excluding hydrogens is 303 g/mol. The number of hydrogen-bond acceptors (Lipinski definition) is 2. The molecule has 1 saturated heterocycles. The molecule has 1 aromatic rings. The summed E-state index contributed by atoms with van der Waals surface area (Å²) in [6, 6.07) is 6.15. The fourth-order valence-electron chi connectivity index (χ4n) is 3.04. The van der Waals surface area contributed by atoms with E-state index in [0.29, 0.717) is 24.8 Å². The molecule has 22 heavy (non-hydrogen) atoms. The molecule has 1 amide bonds. The standard InChI is InChI=1S/C17H25FN2O.ClH/c1-3-20(16-8-6-15(18)7-9-16)17(21)11-13(2)14-5-4-10-19-12-14;/h6-9,13-14,19H,3-5,10-12H2,1-2H3;1H. The highest BCUT2D eigenvalue weighted by Gasteiger charge is 2.24. The van der Waals surface area contributed by atoms with Gasteiger partial charge in [-0.3, -0.25) is 4.79 Å². The molecule has 1 N–H and O–H groups in total. The second-order valence-corrected chi connectivity index (χ2v) is 5.90. The zero-order valence-corrected chi connectivity index (χ0v) is 14.2. The van der Waals surface area contributed by atoms with E-state index in [1.165, 1.54) is 25.0 Å². The van der Waals surface area contributed by atoms with Crippen LogP contribution in [-0.4, -0.2) is 25.5 Å². The molecule has 2 rings (SSSR count). The van der Waals surface area contributed by atoms with Gasteiger partial charge in [0.15, 0.2) is 0 Å². The maximum atomic E-state index is 13.0. The molecule has 0 bridgehead atoms. The molecule has 0 spiro atoms. The fourth-order valence-corrected chi connectivity index (χ4v) is 3.04. The molecule has 3 nitrogen and oxygen atoms in total. The lowest BCUT2D eigenvalue weighted by atomic mass is 9.85. The van der Waals surface area contributed by atoms with Crippen LogP contribution >= 0.6 is 12.4 Å². The number of nitrogens with one attached hydrogen (secondary N) is 1. The number of carbonyl (C=O) groups is 1. The van der Waals surface area contributed by atoms with E-state index in [-0.39, 0.29) is 24.1 Å². The van der Waals surface area contributed by atoms with Crippen LogP contribution in [0.3, 0.4) is 0 Å². The van der Waals surface area contributed by atoms with Crippen LogP contribution < -0.4 is 10.2 Å². The largest absolute Gasteiger partial charge is 0.316 e. The van der Waals surface area contributed by atoms with Crippen LogP contribution in [0.1, 0.15) is 33.1 Å². The molecule has 0 saturated carbocycles. The third-order valence-electron chi connectivity index (χ3n) is 4.39. The molecule has 0 aliphatic carbocycles. The monoisotopic (exact) mass is 328 g/mol. The first-order valence-electron chi connectivity index (χ1n) is 7.88. The minimum atomic E-state index is -0.274. The lowest BCUT2D eigenvalue weighted by molar-refractivity contribution is -0.119. The maximum absolute atomic E-state index is 13.0. The quantitative estimate of drug-likeness (QED) is 0.895. The van der Waals surface area contributed by atoms with E-state index in [0.717, 1.165) is 18.8 Å². The van der Waals surface area contributed by atoms with Crippen molar-refractivity contribution in [1.82, 2.24) is 5.32 Å². The van der Waals surface area contributed by atoms with Gasteiger partial charge in [-0.2, -0.15) is 0 Å². The number of hydrogen-bond donors (Lipinski definition) is 1. The summed E-state index contributed by atoms with van der Waals surface area (Å²) in [5, 5.41) is 3.40. The van der Waals surface area contributed by atoms with Crippen LogP contribution in [0.15, 0.2) is 24.3 Å². The number of rotatable bonds is 5. The van der Waals surface area contributed by atoms with Gasteiger partial charge in [0.25, 0.3) is 0 Å². The van der Waals surface area contributed by atoms with Crippen LogP contribution in [0.2, 0.25) is 0 Å². The topological polar surface area (TPSA) is 32.3 Å². The number of nitrogens with zero attached hydrogens (tertiary/aromatic N) is 1. The number of piperidine rings is 1. The molecule has 1 aliphatic rings. The first kappa shape index (κ1) is 18.9. The van der Waals surface area contributed by atoms with E-state index >= 15 is 0 Å². The molecule has 2 atom stereocenters. The molecule has 124 valence electrons. The van der Waals surface area contributed by atoms with Gasteiger partial charge in [-0.15, -0.1) is 12.4 Å². The van der Waals surface area contributed by atoms with E-state index in [2.05, 4.69) is 12.2 Å². The summed E-state index contributed by atoms with van der Waals surface area (Å²) in [5.74, 6) is 0.806. The van der Waals surface area contributed by atoms with Crippen LogP contribution in [0.4, 0.5) is 10.1 Å². The van der Waals surface area contributed by atoms with Crippen LogP contribution in [0.5, 0.6) is 0 Å². The van der Waals surface area contributed by atoms with Crippen LogP contribution in [0, 0.1) is 17.7 Å². The Labute approximate surface area is 138 Å². The SMILES string of the molecule is CCN(C(=O)CC(C)C1CCCNC1)c1ccc(F)cc1.Cl. The molecule has 1 heterocycles. The number of anilines is 1. The smallest absolute Gasteiger partial charge is 0.227 e. The molecule has 1 aromatic carbocycles. The highest BCUT2D eigenvalue weighted by molar-refractivity contribution is 5.93. The summed E-state index contributed by atoms with van der Waals surface area (Å²) in [6.07, 6.45) is 2.94. The lowest BCUT2D eigenvalue weighted by Crippen LogP contribution is -2.37. The van der Waals surface area contributed by atoms with Gasteiger partial charge in [-0.05, 0) is 69.0 Å². The zero-order valence-electron chi connectivity index (χ0n) is 13.3. The Balaban J connectivity index is 0.00000242. The van der Waals surface area contributed by atoms with Gasteiger partial charge < -0.3 is 10.2 Å². The summed E-state index contributed by atoms with van der Waals surface area (Å²) in [7, 11) is 0. The Morgan fingerprint density at radius 2 is 2.09 bits per heavy atom. The second kappa shape index (κ2) is 9.11. The van der Waals surface area contributed by atoms with Crippen LogP contribution in [-0.2, 0) is 4.79 Å². The van der Waals surface area contributed by atoms with Crippen molar-refractivity contribution in [2.45, 2.75) is 33.1 Å². The van der Waals surface area contributed by atoms with Crippen molar-refractivity contribution in [3.05, 3.63) is 30.1 Å². The van der Waals surface area contributed by atoms with Crippen LogP contribution in [0.25, 0.3) is 0 Å². The minimum absolute atomic E-state index is 0. The summed E-state index contributed by atoms with van der Waals surface area (Å²) in [4.78, 5) is 14.3. The van der Waals surface area contributed by atoms with Crippen molar-refractivity contribution in [3.63, 3.8) is 0 Å². The van der Waals surface area contributed by atoms with E-state index in [1.54, 1.807) is 17.0 Å². The minimum Gasteiger partial charge on any atom is -0.316 e. The summed E-state index contributed by atoms with van der Waals surface area (Å²) in [6.45, 7) is 6.83. The fraction of sp³-hybridized carbons (Fsp3) is 0.588. The Bertz CT molecular complexity index is 460. The predicted molar refractivity (Wildman–Crippen MR) is 91.0 cm³/mol. The zero-order chi connectivity index (χ0) is 15.2. The average molecular weight is 329 g/mol. The van der Waals surface area contributed by atoms with E-state index in [4.69, 9.17) is 0 Å². The van der Waals surface area contributed by atoms with E-state index < -0.39 is 0 Å². The number of carbonyl (C=O) groups excluding carboxylic acids is 1. The normalized spacial score (nSPS) is 19.1. The van der Waals surface area contributed by atoms with Gasteiger partial charge in [-0.1, -0.05) is 6.92 Å². The van der Waals surface area contributed by atoms with Gasteiger partial charge >= 0.3 is 0 Å². The Hall–Kier alpha value is -1.13. The van der Waals surface area contributed by atoms with Gasteiger partial charge in [-0.25, -0.2) is 4.39 Å². The highest BCUT2D eigenvalue weighted by atomic mass is 35.5. The molecular formula is C17H26ClFN2O. The van der Waals surface area contributed by atoms with Gasteiger partial charge in [0, 0.05) is 18.7 Å². The summed E-state index contributed by atoms with van der Waals surface area (Å²) >= 11 is 0. The second-order valence-electron chi connectivity index (χ2n) is 5.90. The molecule has 0 radical (unpaired) electrons. The van der Waals surface area contributed by atoms with Crippen molar-refractivity contribution >= 4 is 24.0 Å². The average Bonchev–Trinajstić information content (AvgIpc) is 2.50. The number of benzene rings is 1. The molecule has 5 heteroatoms.